The number of benzene rings is 2. The van der Waals surface area contributed by atoms with E-state index in [0.29, 0.717) is 17.1 Å². The molecule has 170 valence electrons. The molecule has 2 aromatic carbocycles. The summed E-state index contributed by atoms with van der Waals surface area (Å²) >= 11 is 1.42. The van der Waals surface area contributed by atoms with E-state index in [9.17, 15) is 14.0 Å². The molecule has 2 amide bonds. The van der Waals surface area contributed by atoms with Crippen molar-refractivity contribution in [1.29, 1.82) is 0 Å². The highest BCUT2D eigenvalue weighted by atomic mass is 32.1. The Kier molecular flexibility index (Phi) is 6.09. The third kappa shape index (κ3) is 4.61. The number of hydrogen-bond donors (Lipinski definition) is 0. The lowest BCUT2D eigenvalue weighted by Gasteiger charge is -2.37. The van der Waals surface area contributed by atoms with Gasteiger partial charge in [-0.1, -0.05) is 12.1 Å². The van der Waals surface area contributed by atoms with Crippen LogP contribution in [0.25, 0.3) is 10.6 Å². The van der Waals surface area contributed by atoms with E-state index in [1.165, 1.54) is 23.5 Å². The quantitative estimate of drug-likeness (QED) is 0.577. The Morgan fingerprint density at radius 2 is 1.82 bits per heavy atom. The van der Waals surface area contributed by atoms with Crippen LogP contribution in [0.2, 0.25) is 0 Å². The normalized spacial score (nSPS) is 17.9. The number of carbonyl (C=O) groups excluding carboxylic acids is 2. The van der Waals surface area contributed by atoms with Crippen LogP contribution < -0.4 is 9.64 Å². The number of carbonyl (C=O) groups is 2. The molecule has 1 unspecified atom stereocenters. The first kappa shape index (κ1) is 21.6. The van der Waals surface area contributed by atoms with E-state index in [1.54, 1.807) is 23.1 Å². The van der Waals surface area contributed by atoms with Gasteiger partial charge in [-0.15, -0.1) is 11.3 Å². The first-order valence-electron chi connectivity index (χ1n) is 11.1. The second kappa shape index (κ2) is 9.31. The van der Waals surface area contributed by atoms with Crippen LogP contribution in [0.4, 0.5) is 10.1 Å². The molecule has 1 atom stereocenters. The van der Waals surface area contributed by atoms with Crippen molar-refractivity contribution in [2.24, 2.45) is 0 Å². The zero-order valence-corrected chi connectivity index (χ0v) is 18.9. The second-order valence-electron chi connectivity index (χ2n) is 8.29. The molecular weight excluding hydrogens is 441 g/mol. The number of ether oxygens (including phenoxy) is 1. The number of fused-ring (bicyclic) bond motifs is 1. The van der Waals surface area contributed by atoms with Crippen LogP contribution >= 0.6 is 11.3 Å². The molecular formula is C25H24FN3O3S. The van der Waals surface area contributed by atoms with E-state index in [4.69, 9.17) is 4.74 Å². The molecule has 1 aromatic heterocycles. The molecule has 0 N–H and O–H groups in total. The zero-order valence-electron chi connectivity index (χ0n) is 18.1. The second-order valence-corrected chi connectivity index (χ2v) is 9.15. The standard InChI is InChI=1S/C25H24FN3O3S/c26-18-10-8-17(9-11-18)24-27-19(16-33-24)14-23(30)29-15-22(25(31)28-12-4-1-5-13-28)32-21-7-3-2-6-20(21)29/h2-3,6-11,16,22H,1,4-5,12-15H2. The number of para-hydroxylation sites is 2. The summed E-state index contributed by atoms with van der Waals surface area (Å²) in [5.41, 5.74) is 2.12. The van der Waals surface area contributed by atoms with Gasteiger partial charge < -0.3 is 14.5 Å². The Labute approximate surface area is 195 Å². The average Bonchev–Trinajstić information content (AvgIpc) is 3.32. The average molecular weight is 466 g/mol. The van der Waals surface area contributed by atoms with E-state index < -0.39 is 6.10 Å². The molecule has 2 aliphatic heterocycles. The van der Waals surface area contributed by atoms with Gasteiger partial charge in [0.15, 0.2) is 6.10 Å². The van der Waals surface area contributed by atoms with E-state index in [2.05, 4.69) is 4.98 Å². The largest absolute Gasteiger partial charge is 0.476 e. The molecule has 3 aromatic rings. The van der Waals surface area contributed by atoms with Crippen molar-refractivity contribution in [1.82, 2.24) is 9.88 Å². The number of aromatic nitrogens is 1. The number of thiazole rings is 1. The Balaban J connectivity index is 1.34. The molecule has 0 spiro atoms. The lowest BCUT2D eigenvalue weighted by Crippen LogP contribution is -2.53. The summed E-state index contributed by atoms with van der Waals surface area (Å²) in [6.45, 7) is 1.65. The fraction of sp³-hybridized carbons (Fsp3) is 0.320. The first-order chi connectivity index (χ1) is 16.1. The van der Waals surface area contributed by atoms with Gasteiger partial charge in [0.05, 0.1) is 24.3 Å². The van der Waals surface area contributed by atoms with E-state index in [0.717, 1.165) is 42.9 Å². The summed E-state index contributed by atoms with van der Waals surface area (Å²) in [7, 11) is 0. The molecule has 0 saturated carbocycles. The fourth-order valence-corrected chi connectivity index (χ4v) is 5.11. The Morgan fingerprint density at radius 3 is 2.61 bits per heavy atom. The molecule has 6 nitrogen and oxygen atoms in total. The van der Waals surface area contributed by atoms with Crippen LogP contribution in [0.15, 0.2) is 53.9 Å². The number of anilines is 1. The monoisotopic (exact) mass is 465 g/mol. The van der Waals surface area contributed by atoms with Crippen molar-refractivity contribution < 1.29 is 18.7 Å². The molecule has 3 heterocycles. The predicted octanol–water partition coefficient (Wildman–Crippen LogP) is 4.30. The molecule has 0 bridgehead atoms. The maximum atomic E-state index is 13.3. The highest BCUT2D eigenvalue weighted by Gasteiger charge is 2.36. The zero-order chi connectivity index (χ0) is 22.8. The van der Waals surface area contributed by atoms with Crippen LogP contribution in [0.3, 0.4) is 0 Å². The number of rotatable bonds is 4. The summed E-state index contributed by atoms with van der Waals surface area (Å²) in [5, 5.41) is 2.58. The lowest BCUT2D eigenvalue weighted by molar-refractivity contribution is -0.139. The van der Waals surface area contributed by atoms with Gasteiger partial charge in [-0.05, 0) is 55.7 Å². The van der Waals surface area contributed by atoms with Crippen LogP contribution in [-0.4, -0.2) is 47.4 Å². The third-order valence-corrected chi connectivity index (χ3v) is 6.93. The third-order valence-electron chi connectivity index (χ3n) is 5.99. The molecule has 1 saturated heterocycles. The Bertz CT molecular complexity index is 1160. The van der Waals surface area contributed by atoms with Gasteiger partial charge >= 0.3 is 0 Å². The first-order valence-corrected chi connectivity index (χ1v) is 12.0. The van der Waals surface area contributed by atoms with Crippen LogP contribution in [0.5, 0.6) is 5.75 Å². The maximum absolute atomic E-state index is 13.3. The molecule has 8 heteroatoms. The van der Waals surface area contributed by atoms with Crippen molar-refractivity contribution in [2.45, 2.75) is 31.8 Å². The highest BCUT2D eigenvalue weighted by molar-refractivity contribution is 7.13. The van der Waals surface area contributed by atoms with Gasteiger partial charge in [0, 0.05) is 24.0 Å². The van der Waals surface area contributed by atoms with Gasteiger partial charge in [0.1, 0.15) is 16.6 Å². The van der Waals surface area contributed by atoms with Crippen LogP contribution in [0.1, 0.15) is 25.0 Å². The lowest BCUT2D eigenvalue weighted by atomic mass is 10.1. The van der Waals surface area contributed by atoms with E-state index in [-0.39, 0.29) is 30.6 Å². The topological polar surface area (TPSA) is 62.7 Å². The summed E-state index contributed by atoms with van der Waals surface area (Å²) in [6.07, 6.45) is 2.52. The number of likely N-dealkylation sites (tertiary alicyclic amines) is 1. The smallest absolute Gasteiger partial charge is 0.265 e. The number of amides is 2. The van der Waals surface area contributed by atoms with Crippen molar-refractivity contribution in [3.05, 3.63) is 65.4 Å². The number of hydrogen-bond acceptors (Lipinski definition) is 5. The molecule has 5 rings (SSSR count). The maximum Gasteiger partial charge on any atom is 0.265 e. The van der Waals surface area contributed by atoms with E-state index in [1.807, 2.05) is 28.5 Å². The number of halogens is 1. The molecule has 0 aliphatic carbocycles. The minimum Gasteiger partial charge on any atom is -0.476 e. The minimum atomic E-state index is -0.716. The predicted molar refractivity (Wildman–Crippen MR) is 125 cm³/mol. The molecule has 0 radical (unpaired) electrons. The Morgan fingerprint density at radius 1 is 1.06 bits per heavy atom. The summed E-state index contributed by atoms with van der Waals surface area (Å²) in [4.78, 5) is 34.5. The van der Waals surface area contributed by atoms with Crippen molar-refractivity contribution in [3.8, 4) is 16.3 Å². The van der Waals surface area contributed by atoms with Crippen LogP contribution in [0, 0.1) is 5.82 Å². The van der Waals surface area contributed by atoms with Gasteiger partial charge in [0.25, 0.3) is 5.91 Å². The summed E-state index contributed by atoms with van der Waals surface area (Å²) in [6, 6.07) is 13.5. The number of nitrogens with zero attached hydrogens (tertiary/aromatic N) is 3. The SMILES string of the molecule is O=C(C1CN(C(=O)Cc2csc(-c3ccc(F)cc3)n2)c2ccccc2O1)N1CCCCC1. The van der Waals surface area contributed by atoms with Gasteiger partial charge in [-0.2, -0.15) is 0 Å². The van der Waals surface area contributed by atoms with Gasteiger partial charge in [-0.25, -0.2) is 9.37 Å². The van der Waals surface area contributed by atoms with Crippen molar-refractivity contribution in [2.75, 3.05) is 24.5 Å². The van der Waals surface area contributed by atoms with Crippen molar-refractivity contribution in [3.63, 3.8) is 0 Å². The molecule has 33 heavy (non-hydrogen) atoms. The molecule has 1 fully saturated rings. The van der Waals surface area contributed by atoms with Gasteiger partial charge in [-0.3, -0.25) is 9.59 Å². The highest BCUT2D eigenvalue weighted by Crippen LogP contribution is 2.34. The Hall–Kier alpha value is -3.26. The van der Waals surface area contributed by atoms with Crippen molar-refractivity contribution >= 4 is 28.8 Å². The summed E-state index contributed by atoms with van der Waals surface area (Å²) in [5.74, 6) is 0.0375. The fourth-order valence-electron chi connectivity index (χ4n) is 4.28. The number of piperidine rings is 1. The van der Waals surface area contributed by atoms with E-state index >= 15 is 0 Å². The van der Waals surface area contributed by atoms with Gasteiger partial charge in [0.2, 0.25) is 5.91 Å². The molecule has 2 aliphatic rings. The summed E-state index contributed by atoms with van der Waals surface area (Å²) < 4.78 is 19.2. The minimum absolute atomic E-state index is 0.0609. The van der Waals surface area contributed by atoms with Crippen LogP contribution in [-0.2, 0) is 16.0 Å².